The number of carbonyl (C=O) groups excluding carboxylic acids is 1. The molecule has 5 nitrogen and oxygen atoms in total. The van der Waals surface area contributed by atoms with E-state index in [0.29, 0.717) is 10.3 Å². The summed E-state index contributed by atoms with van der Waals surface area (Å²) in [5.74, 6) is -2.54. The molecule has 1 amide bonds. The lowest BCUT2D eigenvalue weighted by Gasteiger charge is -2.25. The van der Waals surface area contributed by atoms with Gasteiger partial charge in [0.25, 0.3) is 0 Å². The van der Waals surface area contributed by atoms with Gasteiger partial charge in [-0.05, 0) is 33.5 Å². The SMILES string of the molecule is CC(C)(C)C(C(=O)O)C(=O)Nc1ncccc1Br. The Morgan fingerprint density at radius 2 is 2.06 bits per heavy atom. The van der Waals surface area contributed by atoms with Crippen LogP contribution in [0.15, 0.2) is 22.8 Å². The molecule has 0 radical (unpaired) electrons. The van der Waals surface area contributed by atoms with Crippen molar-refractivity contribution in [3.05, 3.63) is 22.8 Å². The Hall–Kier alpha value is -1.43. The average Bonchev–Trinajstić information content (AvgIpc) is 2.18. The molecule has 0 aromatic carbocycles. The third kappa shape index (κ3) is 3.53. The lowest BCUT2D eigenvalue weighted by atomic mass is 9.80. The minimum absolute atomic E-state index is 0.318. The third-order valence-corrected chi connectivity index (χ3v) is 3.02. The predicted molar refractivity (Wildman–Crippen MR) is 71.1 cm³/mol. The summed E-state index contributed by atoms with van der Waals surface area (Å²) in [7, 11) is 0. The minimum Gasteiger partial charge on any atom is -0.481 e. The van der Waals surface area contributed by atoms with Crippen molar-refractivity contribution in [3.8, 4) is 0 Å². The highest BCUT2D eigenvalue weighted by atomic mass is 79.9. The Balaban J connectivity index is 2.94. The first-order valence-corrected chi connectivity index (χ1v) is 6.17. The van der Waals surface area contributed by atoms with Gasteiger partial charge in [0, 0.05) is 6.20 Å². The fraction of sp³-hybridized carbons (Fsp3) is 0.417. The molecular formula is C12H15BrN2O3. The van der Waals surface area contributed by atoms with E-state index in [-0.39, 0.29) is 0 Å². The summed E-state index contributed by atoms with van der Waals surface area (Å²) in [6, 6.07) is 3.42. The Morgan fingerprint density at radius 1 is 1.44 bits per heavy atom. The number of aliphatic carboxylic acids is 1. The highest BCUT2D eigenvalue weighted by Gasteiger charge is 2.37. The number of aromatic nitrogens is 1. The molecule has 18 heavy (non-hydrogen) atoms. The Kier molecular flexibility index (Phi) is 4.45. The van der Waals surface area contributed by atoms with Crippen LogP contribution in [0.3, 0.4) is 0 Å². The van der Waals surface area contributed by atoms with E-state index in [1.54, 1.807) is 32.9 Å². The number of nitrogens with one attached hydrogen (secondary N) is 1. The lowest BCUT2D eigenvalue weighted by molar-refractivity contribution is -0.149. The van der Waals surface area contributed by atoms with Gasteiger partial charge in [-0.2, -0.15) is 0 Å². The summed E-state index contributed by atoms with van der Waals surface area (Å²) in [4.78, 5) is 27.1. The van der Waals surface area contributed by atoms with Crippen molar-refractivity contribution in [2.45, 2.75) is 20.8 Å². The zero-order valence-corrected chi connectivity index (χ0v) is 12.0. The van der Waals surface area contributed by atoms with Crippen LogP contribution in [0, 0.1) is 11.3 Å². The molecule has 0 fully saturated rings. The van der Waals surface area contributed by atoms with E-state index in [9.17, 15) is 9.59 Å². The van der Waals surface area contributed by atoms with E-state index >= 15 is 0 Å². The van der Waals surface area contributed by atoms with Crippen LogP contribution in [0.2, 0.25) is 0 Å². The third-order valence-electron chi connectivity index (χ3n) is 2.38. The number of halogens is 1. The maximum atomic E-state index is 12.0. The van der Waals surface area contributed by atoms with Gasteiger partial charge in [0.2, 0.25) is 5.91 Å². The average molecular weight is 315 g/mol. The number of carboxylic acids is 1. The summed E-state index contributed by atoms with van der Waals surface area (Å²) in [5.41, 5.74) is -0.669. The van der Waals surface area contributed by atoms with E-state index in [2.05, 4.69) is 26.2 Å². The zero-order chi connectivity index (χ0) is 13.9. The Bertz CT molecular complexity index is 469. The highest BCUT2D eigenvalue weighted by Crippen LogP contribution is 2.28. The number of carbonyl (C=O) groups is 2. The summed E-state index contributed by atoms with van der Waals surface area (Å²) in [6.07, 6.45) is 1.52. The van der Waals surface area contributed by atoms with Gasteiger partial charge < -0.3 is 10.4 Å². The molecule has 6 heteroatoms. The molecule has 1 aromatic rings. The molecule has 0 spiro atoms. The maximum absolute atomic E-state index is 12.0. The second-order valence-electron chi connectivity index (χ2n) is 4.96. The van der Waals surface area contributed by atoms with Crippen LogP contribution >= 0.6 is 15.9 Å². The quantitative estimate of drug-likeness (QED) is 0.840. The summed E-state index contributed by atoms with van der Waals surface area (Å²) in [6.45, 7) is 5.12. The molecule has 0 aliphatic heterocycles. The summed E-state index contributed by atoms with van der Waals surface area (Å²) >= 11 is 3.24. The van der Waals surface area contributed by atoms with Crippen LogP contribution in [0.1, 0.15) is 20.8 Å². The second-order valence-corrected chi connectivity index (χ2v) is 5.81. The minimum atomic E-state index is -1.15. The fourth-order valence-corrected chi connectivity index (χ4v) is 1.90. The number of amides is 1. The predicted octanol–water partition coefficient (Wildman–Crippen LogP) is 2.53. The van der Waals surface area contributed by atoms with Gasteiger partial charge in [-0.1, -0.05) is 20.8 Å². The van der Waals surface area contributed by atoms with Crippen LogP contribution in [0.5, 0.6) is 0 Å². The number of nitrogens with zero attached hydrogens (tertiary/aromatic N) is 1. The van der Waals surface area contributed by atoms with Crippen molar-refractivity contribution in [1.29, 1.82) is 0 Å². The molecule has 1 heterocycles. The van der Waals surface area contributed by atoms with E-state index in [0.717, 1.165) is 0 Å². The molecule has 2 N–H and O–H groups in total. The van der Waals surface area contributed by atoms with Crippen LogP contribution in [-0.2, 0) is 9.59 Å². The molecule has 1 aromatic heterocycles. The molecule has 0 aliphatic rings. The number of carboxylic acid groups (broad SMARTS) is 1. The molecule has 0 saturated carbocycles. The Labute approximate surface area is 114 Å². The number of pyridine rings is 1. The molecule has 1 rings (SSSR count). The number of anilines is 1. The number of rotatable bonds is 3. The molecule has 0 aliphatic carbocycles. The summed E-state index contributed by atoms with van der Waals surface area (Å²) < 4.78 is 0.608. The van der Waals surface area contributed by atoms with E-state index < -0.39 is 23.2 Å². The van der Waals surface area contributed by atoms with Crippen molar-refractivity contribution in [1.82, 2.24) is 4.98 Å². The van der Waals surface area contributed by atoms with Gasteiger partial charge in [-0.3, -0.25) is 9.59 Å². The molecule has 98 valence electrons. The monoisotopic (exact) mass is 314 g/mol. The summed E-state index contributed by atoms with van der Waals surface area (Å²) in [5, 5.41) is 11.7. The van der Waals surface area contributed by atoms with Crippen molar-refractivity contribution in [2.75, 3.05) is 5.32 Å². The number of hydrogen-bond donors (Lipinski definition) is 2. The first-order chi connectivity index (χ1) is 8.23. The van der Waals surface area contributed by atoms with Gasteiger partial charge in [-0.15, -0.1) is 0 Å². The fourth-order valence-electron chi connectivity index (χ4n) is 1.54. The van der Waals surface area contributed by atoms with Crippen LogP contribution in [0.4, 0.5) is 5.82 Å². The number of hydrogen-bond acceptors (Lipinski definition) is 3. The van der Waals surface area contributed by atoms with E-state index in [1.165, 1.54) is 6.20 Å². The molecule has 1 unspecified atom stereocenters. The first kappa shape index (κ1) is 14.6. The van der Waals surface area contributed by atoms with Crippen molar-refractivity contribution < 1.29 is 14.7 Å². The van der Waals surface area contributed by atoms with Gasteiger partial charge in [0.1, 0.15) is 11.7 Å². The Morgan fingerprint density at radius 3 is 2.50 bits per heavy atom. The highest BCUT2D eigenvalue weighted by molar-refractivity contribution is 9.10. The van der Waals surface area contributed by atoms with Gasteiger partial charge in [0.05, 0.1) is 4.47 Å². The van der Waals surface area contributed by atoms with Gasteiger partial charge in [-0.25, -0.2) is 4.98 Å². The normalized spacial score (nSPS) is 12.9. The molecule has 0 saturated heterocycles. The van der Waals surface area contributed by atoms with Crippen LogP contribution in [0.25, 0.3) is 0 Å². The molecule has 1 atom stereocenters. The van der Waals surface area contributed by atoms with Gasteiger partial charge >= 0.3 is 5.97 Å². The van der Waals surface area contributed by atoms with Gasteiger partial charge in [0.15, 0.2) is 0 Å². The topological polar surface area (TPSA) is 79.3 Å². The van der Waals surface area contributed by atoms with Crippen LogP contribution in [-0.4, -0.2) is 22.0 Å². The largest absolute Gasteiger partial charge is 0.481 e. The van der Waals surface area contributed by atoms with Crippen molar-refractivity contribution >= 4 is 33.6 Å². The molecule has 0 bridgehead atoms. The molecular weight excluding hydrogens is 300 g/mol. The second kappa shape index (κ2) is 5.48. The van der Waals surface area contributed by atoms with E-state index in [4.69, 9.17) is 5.11 Å². The lowest BCUT2D eigenvalue weighted by Crippen LogP contribution is -2.39. The standard InChI is InChI=1S/C12H15BrN2O3/c1-12(2,3)8(11(17)18)10(16)15-9-7(13)5-4-6-14-9/h4-6,8H,1-3H3,(H,17,18)(H,14,15,16). The zero-order valence-electron chi connectivity index (χ0n) is 10.4. The maximum Gasteiger partial charge on any atom is 0.316 e. The first-order valence-electron chi connectivity index (χ1n) is 5.37. The smallest absolute Gasteiger partial charge is 0.316 e. The van der Waals surface area contributed by atoms with E-state index in [1.807, 2.05) is 0 Å². The van der Waals surface area contributed by atoms with Crippen LogP contribution < -0.4 is 5.32 Å². The van der Waals surface area contributed by atoms with Crippen molar-refractivity contribution in [2.24, 2.45) is 11.3 Å². The van der Waals surface area contributed by atoms with Crippen molar-refractivity contribution in [3.63, 3.8) is 0 Å².